The molecular formula is C26H39N3O3. The molecule has 3 fully saturated rings. The van der Waals surface area contributed by atoms with Gasteiger partial charge in [-0.05, 0) is 36.7 Å². The molecule has 4 rings (SSSR count). The Balaban J connectivity index is 1.23. The molecular weight excluding hydrogens is 402 g/mol. The van der Waals surface area contributed by atoms with Gasteiger partial charge in [0.1, 0.15) is 5.75 Å². The molecule has 2 aliphatic heterocycles. The van der Waals surface area contributed by atoms with Gasteiger partial charge in [-0.25, -0.2) is 0 Å². The van der Waals surface area contributed by atoms with Crippen molar-refractivity contribution in [2.45, 2.75) is 52.5 Å². The zero-order chi connectivity index (χ0) is 22.7. The number of carbonyl (C=O) groups is 2. The number of benzene rings is 1. The van der Waals surface area contributed by atoms with Crippen LogP contribution < -0.4 is 4.74 Å². The molecule has 2 amide bonds. The van der Waals surface area contributed by atoms with E-state index >= 15 is 0 Å². The molecule has 2 atom stereocenters. The lowest BCUT2D eigenvalue weighted by Gasteiger charge is -2.37. The number of piperazine rings is 1. The second kappa shape index (κ2) is 9.82. The van der Waals surface area contributed by atoms with Crippen molar-refractivity contribution in [3.8, 4) is 5.75 Å². The molecule has 3 aliphatic rings. The van der Waals surface area contributed by atoms with Gasteiger partial charge in [-0.2, -0.15) is 0 Å². The van der Waals surface area contributed by atoms with Crippen LogP contribution in [0.4, 0.5) is 0 Å². The zero-order valence-electron chi connectivity index (χ0n) is 20.0. The van der Waals surface area contributed by atoms with Crippen LogP contribution in [-0.4, -0.2) is 72.9 Å². The Hall–Kier alpha value is -2.08. The summed E-state index contributed by atoms with van der Waals surface area (Å²) in [6.07, 6.45) is 4.70. The van der Waals surface area contributed by atoms with E-state index in [0.717, 1.165) is 77.2 Å². The number of nitrogens with zero attached hydrogens (tertiary/aromatic N) is 3. The lowest BCUT2D eigenvalue weighted by molar-refractivity contribution is -0.136. The van der Waals surface area contributed by atoms with E-state index in [1.54, 1.807) is 7.11 Å². The van der Waals surface area contributed by atoms with E-state index in [4.69, 9.17) is 4.74 Å². The van der Waals surface area contributed by atoms with Crippen molar-refractivity contribution in [1.29, 1.82) is 0 Å². The molecule has 0 bridgehead atoms. The summed E-state index contributed by atoms with van der Waals surface area (Å²) in [5, 5.41) is 0. The summed E-state index contributed by atoms with van der Waals surface area (Å²) in [6.45, 7) is 10.2. The fourth-order valence-electron chi connectivity index (χ4n) is 5.44. The van der Waals surface area contributed by atoms with Gasteiger partial charge < -0.3 is 14.5 Å². The summed E-state index contributed by atoms with van der Waals surface area (Å²) < 4.78 is 5.48. The summed E-state index contributed by atoms with van der Waals surface area (Å²) in [4.78, 5) is 32.2. The average Bonchev–Trinajstić information content (AvgIpc) is 3.52. The molecule has 6 heteroatoms. The third kappa shape index (κ3) is 4.95. The first kappa shape index (κ1) is 23.1. The normalized spacial score (nSPS) is 23.8. The highest BCUT2D eigenvalue weighted by Gasteiger charge is 2.59. The van der Waals surface area contributed by atoms with Gasteiger partial charge in [0.15, 0.2) is 0 Å². The molecule has 0 radical (unpaired) electrons. The molecule has 2 heterocycles. The molecule has 2 saturated heterocycles. The van der Waals surface area contributed by atoms with E-state index in [1.807, 2.05) is 23.1 Å². The van der Waals surface area contributed by atoms with Gasteiger partial charge in [-0.3, -0.25) is 14.5 Å². The molecule has 1 spiro atoms. The first-order valence-electron chi connectivity index (χ1n) is 12.4. The van der Waals surface area contributed by atoms with Crippen molar-refractivity contribution in [2.75, 3.05) is 46.4 Å². The molecule has 6 nitrogen and oxygen atoms in total. The molecule has 1 aromatic carbocycles. The Morgan fingerprint density at radius 1 is 1.06 bits per heavy atom. The maximum atomic E-state index is 13.2. The summed E-state index contributed by atoms with van der Waals surface area (Å²) in [7, 11) is 1.72. The van der Waals surface area contributed by atoms with Crippen LogP contribution in [0.3, 0.4) is 0 Å². The smallest absolute Gasteiger partial charge is 0.226 e. The number of rotatable bonds is 7. The minimum absolute atomic E-state index is 0.165. The van der Waals surface area contributed by atoms with E-state index in [2.05, 4.69) is 29.7 Å². The van der Waals surface area contributed by atoms with E-state index in [0.29, 0.717) is 24.2 Å². The predicted octanol–water partition coefficient (Wildman–Crippen LogP) is 3.40. The van der Waals surface area contributed by atoms with E-state index in [9.17, 15) is 9.59 Å². The lowest BCUT2D eigenvalue weighted by Crippen LogP contribution is -2.49. The Bertz CT molecular complexity index is 810. The van der Waals surface area contributed by atoms with Crippen molar-refractivity contribution < 1.29 is 14.3 Å². The third-order valence-corrected chi connectivity index (χ3v) is 8.09. The molecule has 1 saturated carbocycles. The summed E-state index contributed by atoms with van der Waals surface area (Å²) in [5.74, 6) is 2.20. The number of hydrogen-bond acceptors (Lipinski definition) is 4. The van der Waals surface area contributed by atoms with Crippen LogP contribution in [0.2, 0.25) is 0 Å². The van der Waals surface area contributed by atoms with Crippen LogP contribution in [-0.2, 0) is 16.1 Å². The minimum Gasteiger partial charge on any atom is -0.496 e. The van der Waals surface area contributed by atoms with Gasteiger partial charge in [-0.1, -0.05) is 38.5 Å². The number of para-hydroxylation sites is 1. The first-order valence-corrected chi connectivity index (χ1v) is 12.4. The van der Waals surface area contributed by atoms with Crippen molar-refractivity contribution in [1.82, 2.24) is 14.7 Å². The van der Waals surface area contributed by atoms with Crippen LogP contribution in [0.15, 0.2) is 24.3 Å². The highest BCUT2D eigenvalue weighted by Crippen LogP contribution is 2.60. The minimum atomic E-state index is 0.165. The topological polar surface area (TPSA) is 53.1 Å². The highest BCUT2D eigenvalue weighted by molar-refractivity contribution is 5.83. The molecule has 1 aliphatic carbocycles. The molecule has 1 aromatic rings. The van der Waals surface area contributed by atoms with Crippen LogP contribution >= 0.6 is 0 Å². The van der Waals surface area contributed by atoms with E-state index in [1.165, 1.54) is 5.56 Å². The Labute approximate surface area is 192 Å². The van der Waals surface area contributed by atoms with Gasteiger partial charge in [0.25, 0.3) is 0 Å². The summed E-state index contributed by atoms with van der Waals surface area (Å²) in [5.41, 5.74) is 1.37. The van der Waals surface area contributed by atoms with E-state index < -0.39 is 0 Å². The number of piperidine rings is 1. The van der Waals surface area contributed by atoms with Gasteiger partial charge in [0.2, 0.25) is 11.8 Å². The van der Waals surface area contributed by atoms with Crippen molar-refractivity contribution >= 4 is 11.8 Å². The first-order chi connectivity index (χ1) is 15.5. The molecule has 32 heavy (non-hydrogen) atoms. The fraction of sp³-hybridized carbons (Fsp3) is 0.692. The van der Waals surface area contributed by atoms with Crippen molar-refractivity contribution in [3.05, 3.63) is 29.8 Å². The van der Waals surface area contributed by atoms with Gasteiger partial charge >= 0.3 is 0 Å². The second-order valence-electron chi connectivity index (χ2n) is 10.1. The maximum absolute atomic E-state index is 13.2. The fourth-order valence-corrected chi connectivity index (χ4v) is 5.44. The number of carbonyl (C=O) groups excluding carboxylic acids is 2. The molecule has 0 aromatic heterocycles. The average molecular weight is 442 g/mol. The van der Waals surface area contributed by atoms with Crippen molar-refractivity contribution in [2.24, 2.45) is 17.3 Å². The quantitative estimate of drug-likeness (QED) is 0.651. The molecule has 0 N–H and O–H groups in total. The Morgan fingerprint density at radius 2 is 1.75 bits per heavy atom. The van der Waals surface area contributed by atoms with Gasteiger partial charge in [-0.15, -0.1) is 0 Å². The third-order valence-electron chi connectivity index (χ3n) is 8.09. The standard InChI is InChI=1S/C26H39N3O3/c1-4-20(2)17-24(30)28-11-9-26(10-12-28)18-22(26)25(31)29-15-13-27(14-16-29)19-21-7-5-6-8-23(21)32-3/h5-8,20,22H,4,9-19H2,1-3H3/t20-,22+/m0/s1. The summed E-state index contributed by atoms with van der Waals surface area (Å²) in [6, 6.07) is 8.17. The second-order valence-corrected chi connectivity index (χ2v) is 10.1. The monoisotopic (exact) mass is 441 g/mol. The number of hydrogen-bond donors (Lipinski definition) is 0. The maximum Gasteiger partial charge on any atom is 0.226 e. The Morgan fingerprint density at radius 3 is 2.41 bits per heavy atom. The number of ether oxygens (including phenoxy) is 1. The van der Waals surface area contributed by atoms with Crippen LogP contribution in [0.5, 0.6) is 5.75 Å². The Kier molecular flexibility index (Phi) is 7.08. The number of methoxy groups -OCH3 is 1. The molecule has 176 valence electrons. The largest absolute Gasteiger partial charge is 0.496 e. The SMILES string of the molecule is CC[C@H](C)CC(=O)N1CCC2(CC1)C[C@@H]2C(=O)N1CCN(Cc2ccccc2OC)CC1. The van der Waals surface area contributed by atoms with Gasteiger partial charge in [0, 0.05) is 63.7 Å². The van der Waals surface area contributed by atoms with Crippen LogP contribution in [0.1, 0.15) is 51.5 Å². The number of likely N-dealkylation sites (tertiary alicyclic amines) is 1. The van der Waals surface area contributed by atoms with Gasteiger partial charge in [0.05, 0.1) is 7.11 Å². The van der Waals surface area contributed by atoms with Crippen molar-refractivity contribution in [3.63, 3.8) is 0 Å². The molecule has 0 unspecified atom stereocenters. The predicted molar refractivity (Wildman–Crippen MR) is 125 cm³/mol. The lowest BCUT2D eigenvalue weighted by atomic mass is 9.90. The zero-order valence-corrected chi connectivity index (χ0v) is 20.0. The summed E-state index contributed by atoms with van der Waals surface area (Å²) >= 11 is 0. The number of amides is 2. The van der Waals surface area contributed by atoms with Crippen LogP contribution in [0.25, 0.3) is 0 Å². The van der Waals surface area contributed by atoms with E-state index in [-0.39, 0.29) is 11.3 Å². The van der Waals surface area contributed by atoms with Crippen LogP contribution in [0, 0.1) is 17.3 Å². The highest BCUT2D eigenvalue weighted by atomic mass is 16.5.